The zero-order valence-corrected chi connectivity index (χ0v) is 12.4. The van der Waals surface area contributed by atoms with Crippen molar-refractivity contribution in [2.24, 2.45) is 0 Å². The van der Waals surface area contributed by atoms with Crippen LogP contribution in [0.15, 0.2) is 22.7 Å². The van der Waals surface area contributed by atoms with Crippen molar-refractivity contribution in [3.63, 3.8) is 0 Å². The Balaban J connectivity index is 1.99. The predicted molar refractivity (Wildman–Crippen MR) is 76.8 cm³/mol. The molecule has 2 rings (SSSR count). The van der Waals surface area contributed by atoms with Crippen molar-refractivity contribution in [1.29, 1.82) is 0 Å². The van der Waals surface area contributed by atoms with Gasteiger partial charge in [0, 0.05) is 25.3 Å². The van der Waals surface area contributed by atoms with Crippen molar-refractivity contribution in [1.82, 2.24) is 10.2 Å². The van der Waals surface area contributed by atoms with Gasteiger partial charge in [-0.3, -0.25) is 9.59 Å². The van der Waals surface area contributed by atoms with E-state index in [1.54, 1.807) is 0 Å². The van der Waals surface area contributed by atoms with Gasteiger partial charge in [-0.05, 0) is 47.1 Å². The molecule has 1 heterocycles. The number of halogens is 2. The summed E-state index contributed by atoms with van der Waals surface area (Å²) in [7, 11) is 0. The Kier molecular flexibility index (Phi) is 5.08. The number of nitrogens with one attached hydrogen (secondary N) is 2. The first-order valence-corrected chi connectivity index (χ1v) is 7.13. The maximum absolute atomic E-state index is 13.1. The van der Waals surface area contributed by atoms with Crippen LogP contribution in [0.25, 0.3) is 0 Å². The van der Waals surface area contributed by atoms with Crippen molar-refractivity contribution >= 4 is 33.4 Å². The fourth-order valence-electron chi connectivity index (χ4n) is 1.95. The smallest absolute Gasteiger partial charge is 0.313 e. The molecule has 1 aromatic rings. The first-order valence-electron chi connectivity index (χ1n) is 6.34. The molecular formula is C13H15BrFN3O2. The van der Waals surface area contributed by atoms with Crippen molar-refractivity contribution in [2.45, 2.75) is 6.42 Å². The van der Waals surface area contributed by atoms with Crippen molar-refractivity contribution in [3.8, 4) is 0 Å². The Morgan fingerprint density at radius 2 is 2.10 bits per heavy atom. The molecule has 1 fully saturated rings. The molecule has 0 unspecified atom stereocenters. The Morgan fingerprint density at radius 1 is 1.30 bits per heavy atom. The highest BCUT2D eigenvalue weighted by atomic mass is 79.9. The topological polar surface area (TPSA) is 61.4 Å². The molecule has 0 aromatic heterocycles. The Labute approximate surface area is 124 Å². The van der Waals surface area contributed by atoms with Gasteiger partial charge in [-0.15, -0.1) is 0 Å². The number of benzene rings is 1. The van der Waals surface area contributed by atoms with Gasteiger partial charge in [0.15, 0.2) is 0 Å². The van der Waals surface area contributed by atoms with Crippen LogP contribution in [0.4, 0.5) is 10.1 Å². The Hall–Kier alpha value is -1.47. The van der Waals surface area contributed by atoms with Gasteiger partial charge >= 0.3 is 11.8 Å². The minimum atomic E-state index is -0.703. The van der Waals surface area contributed by atoms with Gasteiger partial charge in [0.25, 0.3) is 0 Å². The van der Waals surface area contributed by atoms with Crippen LogP contribution in [0.1, 0.15) is 6.42 Å². The standard InChI is InChI=1S/C13H15BrFN3O2/c14-10-8-9(2-3-11(10)15)17-12(19)13(20)18-6-1-4-16-5-7-18/h2-3,8,16H,1,4-7H2,(H,17,19). The van der Waals surface area contributed by atoms with Crippen LogP contribution < -0.4 is 10.6 Å². The van der Waals surface area contributed by atoms with Crippen LogP contribution in [0.2, 0.25) is 0 Å². The first-order chi connectivity index (χ1) is 9.58. The maximum atomic E-state index is 13.1. The Bertz CT molecular complexity index is 516. The first kappa shape index (κ1) is 14.9. The second-order valence-electron chi connectivity index (χ2n) is 4.48. The summed E-state index contributed by atoms with van der Waals surface area (Å²) < 4.78 is 13.3. The molecule has 0 atom stereocenters. The lowest BCUT2D eigenvalue weighted by Gasteiger charge is -2.19. The average Bonchev–Trinajstić information content (AvgIpc) is 2.71. The normalized spacial score (nSPS) is 15.6. The minimum Gasteiger partial charge on any atom is -0.333 e. The van der Waals surface area contributed by atoms with Gasteiger partial charge in [-0.1, -0.05) is 0 Å². The van der Waals surface area contributed by atoms with Crippen LogP contribution >= 0.6 is 15.9 Å². The number of carbonyl (C=O) groups is 2. The number of hydrogen-bond acceptors (Lipinski definition) is 3. The van der Waals surface area contributed by atoms with E-state index in [2.05, 4.69) is 26.6 Å². The molecule has 7 heteroatoms. The summed E-state index contributed by atoms with van der Waals surface area (Å²) in [5.74, 6) is -1.69. The summed E-state index contributed by atoms with van der Waals surface area (Å²) >= 11 is 3.03. The van der Waals surface area contributed by atoms with E-state index < -0.39 is 17.6 Å². The molecule has 0 saturated carbocycles. The fraction of sp³-hybridized carbons (Fsp3) is 0.385. The van der Waals surface area contributed by atoms with Gasteiger partial charge in [0.05, 0.1) is 4.47 Å². The van der Waals surface area contributed by atoms with Gasteiger partial charge in [-0.2, -0.15) is 0 Å². The molecule has 2 amide bonds. The highest BCUT2D eigenvalue weighted by molar-refractivity contribution is 9.10. The van der Waals surface area contributed by atoms with Crippen molar-refractivity contribution in [2.75, 3.05) is 31.5 Å². The molecule has 0 radical (unpaired) electrons. The highest BCUT2D eigenvalue weighted by Crippen LogP contribution is 2.20. The number of amides is 2. The molecule has 1 aliphatic rings. The van der Waals surface area contributed by atoms with Gasteiger partial charge in [-0.25, -0.2) is 4.39 Å². The van der Waals surface area contributed by atoms with Crippen LogP contribution in [-0.4, -0.2) is 42.9 Å². The molecule has 2 N–H and O–H groups in total. The molecule has 1 aromatic carbocycles. The molecule has 5 nitrogen and oxygen atoms in total. The lowest BCUT2D eigenvalue weighted by molar-refractivity contribution is -0.143. The molecule has 1 saturated heterocycles. The number of hydrogen-bond donors (Lipinski definition) is 2. The zero-order valence-electron chi connectivity index (χ0n) is 10.8. The number of nitrogens with zero attached hydrogens (tertiary/aromatic N) is 1. The number of carbonyl (C=O) groups excluding carboxylic acids is 2. The van der Waals surface area contributed by atoms with Crippen molar-refractivity contribution in [3.05, 3.63) is 28.5 Å². The van der Waals surface area contributed by atoms with E-state index in [9.17, 15) is 14.0 Å². The van der Waals surface area contributed by atoms with E-state index in [-0.39, 0.29) is 4.47 Å². The second-order valence-corrected chi connectivity index (χ2v) is 5.33. The summed E-state index contributed by atoms with van der Waals surface area (Å²) in [5.41, 5.74) is 0.379. The van der Waals surface area contributed by atoms with E-state index in [0.29, 0.717) is 25.3 Å². The monoisotopic (exact) mass is 343 g/mol. The van der Waals surface area contributed by atoms with E-state index in [1.165, 1.54) is 23.1 Å². The van der Waals surface area contributed by atoms with Crippen LogP contribution in [-0.2, 0) is 9.59 Å². The molecule has 0 aliphatic carbocycles. The predicted octanol–water partition coefficient (Wildman–Crippen LogP) is 1.35. The molecular weight excluding hydrogens is 329 g/mol. The number of anilines is 1. The third-order valence-corrected chi connectivity index (χ3v) is 3.61. The molecule has 0 spiro atoms. The van der Waals surface area contributed by atoms with Crippen LogP contribution in [0.3, 0.4) is 0 Å². The minimum absolute atomic E-state index is 0.238. The van der Waals surface area contributed by atoms with Gasteiger partial charge in [0.1, 0.15) is 5.82 Å². The molecule has 108 valence electrons. The third kappa shape index (κ3) is 3.77. The fourth-order valence-corrected chi connectivity index (χ4v) is 2.33. The Morgan fingerprint density at radius 3 is 2.85 bits per heavy atom. The number of rotatable bonds is 1. The zero-order chi connectivity index (χ0) is 14.5. The SMILES string of the molecule is O=C(Nc1ccc(F)c(Br)c1)C(=O)N1CCCNCC1. The van der Waals surface area contributed by atoms with E-state index in [4.69, 9.17) is 0 Å². The van der Waals surface area contributed by atoms with E-state index in [0.717, 1.165) is 13.0 Å². The summed E-state index contributed by atoms with van der Waals surface area (Å²) in [6.45, 7) is 2.60. The second kappa shape index (κ2) is 6.81. The molecule has 20 heavy (non-hydrogen) atoms. The molecule has 0 bridgehead atoms. The largest absolute Gasteiger partial charge is 0.333 e. The van der Waals surface area contributed by atoms with Gasteiger partial charge in [0.2, 0.25) is 0 Å². The van der Waals surface area contributed by atoms with Crippen LogP contribution in [0.5, 0.6) is 0 Å². The van der Waals surface area contributed by atoms with E-state index in [1.807, 2.05) is 0 Å². The average molecular weight is 344 g/mol. The van der Waals surface area contributed by atoms with Crippen molar-refractivity contribution < 1.29 is 14.0 Å². The quantitative estimate of drug-likeness (QED) is 0.756. The highest BCUT2D eigenvalue weighted by Gasteiger charge is 2.22. The molecule has 1 aliphatic heterocycles. The lowest BCUT2D eigenvalue weighted by atomic mass is 10.3. The lowest BCUT2D eigenvalue weighted by Crippen LogP contribution is -2.41. The summed E-state index contributed by atoms with van der Waals surface area (Å²) in [5, 5.41) is 5.64. The van der Waals surface area contributed by atoms with E-state index >= 15 is 0 Å². The van der Waals surface area contributed by atoms with Gasteiger partial charge < -0.3 is 15.5 Å². The third-order valence-electron chi connectivity index (χ3n) is 3.00. The summed E-state index contributed by atoms with van der Waals surface area (Å²) in [6, 6.07) is 4.06. The summed E-state index contributed by atoms with van der Waals surface area (Å²) in [6.07, 6.45) is 0.821. The maximum Gasteiger partial charge on any atom is 0.313 e. The van der Waals surface area contributed by atoms with Crippen LogP contribution in [0, 0.1) is 5.82 Å². The summed E-state index contributed by atoms with van der Waals surface area (Å²) in [4.78, 5) is 25.4.